The molecule has 2 amide bonds. The molecule has 3 aromatic rings. The number of hydrogen-bond donors (Lipinski definition) is 1. The number of fused-ring (bicyclic) bond motifs is 2. The molecule has 0 radical (unpaired) electrons. The third-order valence-corrected chi connectivity index (χ3v) is 6.36. The minimum absolute atomic E-state index is 0.00926. The molecule has 1 saturated heterocycles. The summed E-state index contributed by atoms with van der Waals surface area (Å²) in [4.78, 5) is 27.6. The number of piperidine rings is 1. The highest BCUT2D eigenvalue weighted by Crippen LogP contribution is 2.42. The molecule has 33 heavy (non-hydrogen) atoms. The van der Waals surface area contributed by atoms with Crippen LogP contribution in [-0.4, -0.2) is 29.8 Å². The van der Waals surface area contributed by atoms with Crippen LogP contribution in [0.5, 0.6) is 11.5 Å². The zero-order chi connectivity index (χ0) is 22.6. The summed E-state index contributed by atoms with van der Waals surface area (Å²) in [5.41, 5.74) is 2.92. The molecule has 5 heteroatoms. The maximum atomic E-state index is 13.2. The van der Waals surface area contributed by atoms with E-state index in [4.69, 9.17) is 4.74 Å². The van der Waals surface area contributed by atoms with Gasteiger partial charge in [-0.05, 0) is 36.6 Å². The molecule has 1 N–H and O–H groups in total. The average molecular weight is 439 g/mol. The molecule has 5 nitrogen and oxygen atoms in total. The molecular weight excluding hydrogens is 412 g/mol. The predicted octanol–water partition coefficient (Wildman–Crippen LogP) is 4.95. The van der Waals surface area contributed by atoms with Crippen molar-refractivity contribution in [1.82, 2.24) is 10.2 Å². The average Bonchev–Trinajstić information content (AvgIpc) is 2.87. The summed E-state index contributed by atoms with van der Waals surface area (Å²) in [5.74, 6) is 1.44. The van der Waals surface area contributed by atoms with Crippen molar-refractivity contribution in [3.05, 3.63) is 102 Å². The summed E-state index contributed by atoms with van der Waals surface area (Å²) in [7, 11) is 0. The second-order valence-corrected chi connectivity index (χ2v) is 8.46. The van der Waals surface area contributed by atoms with Crippen molar-refractivity contribution in [2.24, 2.45) is 5.92 Å². The van der Waals surface area contributed by atoms with Gasteiger partial charge in [-0.15, -0.1) is 0 Å². The molecule has 0 spiro atoms. The van der Waals surface area contributed by atoms with Crippen molar-refractivity contribution in [2.75, 3.05) is 13.1 Å². The molecule has 2 aliphatic heterocycles. The van der Waals surface area contributed by atoms with E-state index >= 15 is 0 Å². The first-order valence-corrected chi connectivity index (χ1v) is 11.4. The largest absolute Gasteiger partial charge is 0.457 e. The van der Waals surface area contributed by atoms with Crippen molar-refractivity contribution in [3.8, 4) is 11.5 Å². The van der Waals surface area contributed by atoms with E-state index in [1.54, 1.807) is 6.08 Å². The van der Waals surface area contributed by atoms with Crippen molar-refractivity contribution in [3.63, 3.8) is 0 Å². The van der Waals surface area contributed by atoms with Crippen molar-refractivity contribution < 1.29 is 14.3 Å². The van der Waals surface area contributed by atoms with Gasteiger partial charge in [0.15, 0.2) is 0 Å². The Morgan fingerprint density at radius 3 is 2.03 bits per heavy atom. The molecule has 5 rings (SSSR count). The lowest BCUT2D eigenvalue weighted by molar-refractivity contribution is -0.132. The maximum absolute atomic E-state index is 13.2. The Labute approximate surface area is 193 Å². The van der Waals surface area contributed by atoms with E-state index in [-0.39, 0.29) is 23.8 Å². The van der Waals surface area contributed by atoms with Gasteiger partial charge in [0, 0.05) is 36.2 Å². The molecule has 166 valence electrons. The number of likely N-dealkylation sites (tertiary alicyclic amines) is 1. The standard InChI is InChI=1S/C28H26N2O3/c31-26(15-14-20-8-2-1-3-9-20)30-18-16-21(17-19-30)28(32)29-27-22-10-4-6-12-24(22)33-25-13-7-5-11-23(25)27/h1-15,21,27H,16-19H2,(H,29,32)/b15-14+. The van der Waals surface area contributed by atoms with Gasteiger partial charge in [-0.3, -0.25) is 9.59 Å². The summed E-state index contributed by atoms with van der Waals surface area (Å²) in [6.07, 6.45) is 4.76. The van der Waals surface area contributed by atoms with Crippen LogP contribution in [0.4, 0.5) is 0 Å². The lowest BCUT2D eigenvalue weighted by Crippen LogP contribution is -2.43. The van der Waals surface area contributed by atoms with Gasteiger partial charge in [-0.2, -0.15) is 0 Å². The van der Waals surface area contributed by atoms with Crippen molar-refractivity contribution >= 4 is 17.9 Å². The Bertz CT molecular complexity index is 1140. The lowest BCUT2D eigenvalue weighted by atomic mass is 9.91. The molecule has 0 atom stereocenters. The number of amides is 2. The number of benzene rings is 3. The molecule has 0 saturated carbocycles. The topological polar surface area (TPSA) is 58.6 Å². The number of ether oxygens (including phenoxy) is 1. The molecule has 2 heterocycles. The zero-order valence-electron chi connectivity index (χ0n) is 18.3. The van der Waals surface area contributed by atoms with E-state index in [1.165, 1.54) is 0 Å². The second-order valence-electron chi connectivity index (χ2n) is 8.46. The van der Waals surface area contributed by atoms with E-state index < -0.39 is 0 Å². The quantitative estimate of drug-likeness (QED) is 0.587. The fraction of sp³-hybridized carbons (Fsp3) is 0.214. The number of nitrogens with one attached hydrogen (secondary N) is 1. The molecule has 0 bridgehead atoms. The third-order valence-electron chi connectivity index (χ3n) is 6.36. The van der Waals surface area contributed by atoms with E-state index in [2.05, 4.69) is 5.32 Å². The van der Waals surface area contributed by atoms with Crippen LogP contribution < -0.4 is 10.1 Å². The SMILES string of the molecule is O=C(NC1c2ccccc2Oc2ccccc21)C1CCN(C(=O)/C=C/c2ccccc2)CC1. The highest BCUT2D eigenvalue weighted by atomic mass is 16.5. The monoisotopic (exact) mass is 438 g/mol. The Morgan fingerprint density at radius 2 is 1.39 bits per heavy atom. The molecule has 0 unspecified atom stereocenters. The van der Waals surface area contributed by atoms with Gasteiger partial charge in [0.1, 0.15) is 11.5 Å². The van der Waals surface area contributed by atoms with Gasteiger partial charge < -0.3 is 15.0 Å². The first-order chi connectivity index (χ1) is 16.2. The Balaban J connectivity index is 1.23. The number of para-hydroxylation sites is 2. The summed E-state index contributed by atoms with van der Waals surface area (Å²) in [5, 5.41) is 3.26. The number of carbonyl (C=O) groups excluding carboxylic acids is 2. The lowest BCUT2D eigenvalue weighted by Gasteiger charge is -2.33. The van der Waals surface area contributed by atoms with Gasteiger partial charge in [0.05, 0.1) is 6.04 Å². The van der Waals surface area contributed by atoms with Crippen LogP contribution in [0.3, 0.4) is 0 Å². The normalized spacial score (nSPS) is 16.1. The van der Waals surface area contributed by atoms with Crippen LogP contribution in [0.15, 0.2) is 84.9 Å². The number of nitrogens with zero attached hydrogens (tertiary/aromatic N) is 1. The van der Waals surface area contributed by atoms with E-state index in [1.807, 2.05) is 89.8 Å². The second kappa shape index (κ2) is 9.33. The van der Waals surface area contributed by atoms with Gasteiger partial charge in [0.25, 0.3) is 0 Å². The van der Waals surface area contributed by atoms with Crippen LogP contribution in [0.25, 0.3) is 6.08 Å². The zero-order valence-corrected chi connectivity index (χ0v) is 18.3. The van der Waals surface area contributed by atoms with Crippen LogP contribution >= 0.6 is 0 Å². The van der Waals surface area contributed by atoms with Crippen molar-refractivity contribution in [2.45, 2.75) is 18.9 Å². The van der Waals surface area contributed by atoms with Crippen LogP contribution in [0.2, 0.25) is 0 Å². The van der Waals surface area contributed by atoms with E-state index in [9.17, 15) is 9.59 Å². The Morgan fingerprint density at radius 1 is 0.818 bits per heavy atom. The Hall–Kier alpha value is -3.86. The maximum Gasteiger partial charge on any atom is 0.246 e. The van der Waals surface area contributed by atoms with Crippen LogP contribution in [0, 0.1) is 5.92 Å². The molecule has 2 aliphatic rings. The molecule has 1 fully saturated rings. The van der Waals surface area contributed by atoms with Gasteiger partial charge in [-0.1, -0.05) is 66.7 Å². The third kappa shape index (κ3) is 4.53. The number of rotatable bonds is 4. The first-order valence-electron chi connectivity index (χ1n) is 11.4. The molecule has 0 aliphatic carbocycles. The number of hydrogen-bond acceptors (Lipinski definition) is 3. The summed E-state index contributed by atoms with van der Waals surface area (Å²) in [6.45, 7) is 1.16. The minimum atomic E-state index is -0.243. The van der Waals surface area contributed by atoms with E-state index in [0.717, 1.165) is 28.2 Å². The van der Waals surface area contributed by atoms with Gasteiger partial charge >= 0.3 is 0 Å². The predicted molar refractivity (Wildman–Crippen MR) is 128 cm³/mol. The van der Waals surface area contributed by atoms with Crippen molar-refractivity contribution in [1.29, 1.82) is 0 Å². The summed E-state index contributed by atoms with van der Waals surface area (Å²) >= 11 is 0. The first kappa shape index (κ1) is 21.0. The summed E-state index contributed by atoms with van der Waals surface area (Å²) < 4.78 is 6.03. The Kier molecular flexibility index (Phi) is 5.94. The fourth-order valence-electron chi connectivity index (χ4n) is 4.52. The van der Waals surface area contributed by atoms with E-state index in [0.29, 0.717) is 25.9 Å². The minimum Gasteiger partial charge on any atom is -0.457 e. The molecule has 3 aromatic carbocycles. The molecular formula is C28H26N2O3. The summed E-state index contributed by atoms with van der Waals surface area (Å²) in [6, 6.07) is 25.2. The highest BCUT2D eigenvalue weighted by molar-refractivity contribution is 5.92. The molecule has 0 aromatic heterocycles. The number of carbonyl (C=O) groups is 2. The fourth-order valence-corrected chi connectivity index (χ4v) is 4.52. The van der Waals surface area contributed by atoms with Crippen LogP contribution in [0.1, 0.15) is 35.6 Å². The van der Waals surface area contributed by atoms with Gasteiger partial charge in [-0.25, -0.2) is 0 Å². The smallest absolute Gasteiger partial charge is 0.246 e. The van der Waals surface area contributed by atoms with Crippen LogP contribution in [-0.2, 0) is 9.59 Å². The highest BCUT2D eigenvalue weighted by Gasteiger charge is 2.32. The van der Waals surface area contributed by atoms with Gasteiger partial charge in [0.2, 0.25) is 11.8 Å².